The van der Waals surface area contributed by atoms with Crippen molar-refractivity contribution in [2.45, 2.75) is 51.5 Å². The van der Waals surface area contributed by atoms with Crippen molar-refractivity contribution in [3.63, 3.8) is 0 Å². The van der Waals surface area contributed by atoms with Crippen LogP contribution in [0.15, 0.2) is 12.7 Å². The van der Waals surface area contributed by atoms with E-state index in [1.165, 1.54) is 12.0 Å². The van der Waals surface area contributed by atoms with Gasteiger partial charge in [0.2, 0.25) is 0 Å². The lowest BCUT2D eigenvalue weighted by Gasteiger charge is -2.31. The topological polar surface area (TPSA) is 65.1 Å². The maximum Gasteiger partial charge on any atom is 0.413 e. The summed E-state index contributed by atoms with van der Waals surface area (Å²) in [5.74, 6) is -0.458. The van der Waals surface area contributed by atoms with Gasteiger partial charge in [-0.1, -0.05) is 6.08 Å². The van der Waals surface area contributed by atoms with E-state index in [2.05, 4.69) is 6.58 Å². The Kier molecular flexibility index (Phi) is 5.56. The van der Waals surface area contributed by atoms with E-state index >= 15 is 0 Å². The smallest absolute Gasteiger partial charge is 0.413 e. The van der Waals surface area contributed by atoms with Crippen LogP contribution in [0.2, 0.25) is 0 Å². The van der Waals surface area contributed by atoms with Crippen LogP contribution in [0.3, 0.4) is 0 Å². The molecule has 1 heterocycles. The molecule has 2 atom stereocenters. The first-order valence-electron chi connectivity index (χ1n) is 6.61. The lowest BCUT2D eigenvalue weighted by Crippen LogP contribution is -2.48. The van der Waals surface area contributed by atoms with Crippen molar-refractivity contribution < 1.29 is 23.8 Å². The molecule has 6 nitrogen and oxygen atoms in total. The Morgan fingerprint density at radius 3 is 2.50 bits per heavy atom. The van der Waals surface area contributed by atoms with Crippen LogP contribution in [0, 0.1) is 0 Å². The van der Waals surface area contributed by atoms with Gasteiger partial charge in [0.25, 0.3) is 0 Å². The third-order valence-electron chi connectivity index (χ3n) is 2.82. The Balaban J connectivity index is 2.86. The molecule has 0 N–H and O–H groups in total. The Bertz CT molecular complexity index is 374. The van der Waals surface area contributed by atoms with Crippen LogP contribution in [-0.4, -0.2) is 48.5 Å². The van der Waals surface area contributed by atoms with Crippen LogP contribution in [0.5, 0.6) is 0 Å². The monoisotopic (exact) mass is 285 g/mol. The van der Waals surface area contributed by atoms with Crippen LogP contribution >= 0.6 is 0 Å². The highest BCUT2D eigenvalue weighted by molar-refractivity contribution is 5.82. The number of methoxy groups -OCH3 is 1. The number of likely N-dealkylation sites (tertiary alicyclic amines) is 1. The van der Waals surface area contributed by atoms with E-state index in [1.807, 2.05) is 0 Å². The van der Waals surface area contributed by atoms with E-state index in [0.717, 1.165) is 0 Å². The first kappa shape index (κ1) is 16.5. The fourth-order valence-electron chi connectivity index (χ4n) is 2.05. The normalized spacial score (nSPS) is 22.5. The molecule has 1 aliphatic rings. The second-order valence-electron chi connectivity index (χ2n) is 5.58. The predicted octanol–water partition coefficient (Wildman–Crippen LogP) is 2.09. The highest BCUT2D eigenvalue weighted by Gasteiger charge is 2.44. The van der Waals surface area contributed by atoms with Crippen molar-refractivity contribution in [1.29, 1.82) is 0 Å². The molecule has 0 radical (unpaired) electrons. The van der Waals surface area contributed by atoms with Crippen LogP contribution in [-0.2, 0) is 19.0 Å². The first-order valence-corrected chi connectivity index (χ1v) is 6.61. The van der Waals surface area contributed by atoms with Gasteiger partial charge in [0.05, 0.1) is 13.7 Å². The summed E-state index contributed by atoms with van der Waals surface area (Å²) in [5.41, 5.74) is -0.636. The lowest BCUT2D eigenvalue weighted by atomic mass is 10.2. The summed E-state index contributed by atoms with van der Waals surface area (Å²) in [4.78, 5) is 25.3. The summed E-state index contributed by atoms with van der Waals surface area (Å²) in [6, 6.07) is -0.662. The summed E-state index contributed by atoms with van der Waals surface area (Å²) >= 11 is 0. The average Bonchev–Trinajstić information content (AvgIpc) is 2.77. The largest absolute Gasteiger partial charge is 0.467 e. The quantitative estimate of drug-likeness (QED) is 0.584. The molecule has 1 aliphatic heterocycles. The van der Waals surface area contributed by atoms with E-state index in [1.54, 1.807) is 26.8 Å². The molecular formula is C14H23NO5. The number of ether oxygens (including phenoxy) is 3. The molecule has 6 heteroatoms. The lowest BCUT2D eigenvalue weighted by molar-refractivity contribution is -0.148. The molecule has 0 aromatic carbocycles. The van der Waals surface area contributed by atoms with Gasteiger partial charge in [0, 0.05) is 0 Å². The second-order valence-corrected chi connectivity index (χ2v) is 5.58. The zero-order chi connectivity index (χ0) is 15.3. The van der Waals surface area contributed by atoms with Gasteiger partial charge >= 0.3 is 12.1 Å². The van der Waals surface area contributed by atoms with Crippen LogP contribution in [0.4, 0.5) is 4.79 Å². The maximum atomic E-state index is 12.3. The van der Waals surface area contributed by atoms with Gasteiger partial charge in [0.1, 0.15) is 17.9 Å². The molecule has 0 bridgehead atoms. The Morgan fingerprint density at radius 2 is 2.00 bits per heavy atom. The Hall–Kier alpha value is -1.56. The van der Waals surface area contributed by atoms with Crippen LogP contribution in [0.25, 0.3) is 0 Å². The highest BCUT2D eigenvalue weighted by Crippen LogP contribution is 2.28. The molecule has 0 aliphatic carbocycles. The maximum absolute atomic E-state index is 12.3. The summed E-state index contributed by atoms with van der Waals surface area (Å²) in [6.07, 6.45) is 1.59. The molecule has 0 aromatic rings. The van der Waals surface area contributed by atoms with Gasteiger partial charge < -0.3 is 14.2 Å². The van der Waals surface area contributed by atoms with E-state index in [4.69, 9.17) is 14.2 Å². The molecule has 1 saturated heterocycles. The molecule has 0 saturated carbocycles. The van der Waals surface area contributed by atoms with Gasteiger partial charge in [-0.25, -0.2) is 9.59 Å². The number of carbonyl (C=O) groups is 2. The van der Waals surface area contributed by atoms with Crippen molar-refractivity contribution in [2.24, 2.45) is 0 Å². The summed E-state index contributed by atoms with van der Waals surface area (Å²) in [6.45, 7) is 9.19. The Labute approximate surface area is 119 Å². The molecular weight excluding hydrogens is 262 g/mol. The fraction of sp³-hybridized carbons (Fsp3) is 0.714. The molecule has 20 heavy (non-hydrogen) atoms. The third kappa shape index (κ3) is 4.23. The predicted molar refractivity (Wildman–Crippen MR) is 73.0 cm³/mol. The van der Waals surface area contributed by atoms with Crippen molar-refractivity contribution >= 4 is 12.1 Å². The van der Waals surface area contributed by atoms with Crippen molar-refractivity contribution in [3.8, 4) is 0 Å². The van der Waals surface area contributed by atoms with Gasteiger partial charge in [-0.2, -0.15) is 0 Å². The summed E-state index contributed by atoms with van der Waals surface area (Å²) in [5, 5.41) is 0. The fourth-order valence-corrected chi connectivity index (χ4v) is 2.05. The molecule has 0 aromatic heterocycles. The highest BCUT2D eigenvalue weighted by atomic mass is 16.6. The third-order valence-corrected chi connectivity index (χ3v) is 2.82. The van der Waals surface area contributed by atoms with Crippen molar-refractivity contribution in [2.75, 3.05) is 13.7 Å². The minimum Gasteiger partial charge on any atom is -0.467 e. The van der Waals surface area contributed by atoms with Gasteiger partial charge in [-0.05, 0) is 33.6 Å². The zero-order valence-electron chi connectivity index (χ0n) is 12.5. The van der Waals surface area contributed by atoms with E-state index < -0.39 is 29.9 Å². The summed E-state index contributed by atoms with van der Waals surface area (Å²) in [7, 11) is 1.30. The standard InChI is InChI=1S/C14H23NO5/c1-6-9-19-11-8-7-10(12(16)18-5)15(11)13(17)20-14(2,3)4/h6,10-11H,1,7-9H2,2-5H3. The number of hydrogen-bond acceptors (Lipinski definition) is 5. The van der Waals surface area contributed by atoms with Crippen molar-refractivity contribution in [1.82, 2.24) is 4.90 Å². The number of rotatable bonds is 4. The van der Waals surface area contributed by atoms with Gasteiger partial charge in [-0.3, -0.25) is 4.90 Å². The average molecular weight is 285 g/mol. The number of esters is 1. The number of hydrogen-bond donors (Lipinski definition) is 0. The zero-order valence-corrected chi connectivity index (χ0v) is 12.5. The number of nitrogens with zero attached hydrogens (tertiary/aromatic N) is 1. The minimum atomic E-state index is -0.662. The van der Waals surface area contributed by atoms with E-state index in [9.17, 15) is 9.59 Å². The summed E-state index contributed by atoms with van der Waals surface area (Å²) < 4.78 is 15.6. The van der Waals surface area contributed by atoms with E-state index in [-0.39, 0.29) is 0 Å². The number of carbonyl (C=O) groups excluding carboxylic acids is 2. The van der Waals surface area contributed by atoms with Crippen LogP contribution in [0.1, 0.15) is 33.6 Å². The number of amides is 1. The molecule has 1 fully saturated rings. The Morgan fingerprint density at radius 1 is 1.35 bits per heavy atom. The van der Waals surface area contributed by atoms with E-state index in [0.29, 0.717) is 19.4 Å². The van der Waals surface area contributed by atoms with Crippen molar-refractivity contribution in [3.05, 3.63) is 12.7 Å². The van der Waals surface area contributed by atoms with Crippen LogP contribution < -0.4 is 0 Å². The second kappa shape index (κ2) is 6.74. The SMILES string of the molecule is C=CCOC1CCC(C(=O)OC)N1C(=O)OC(C)(C)C. The molecule has 1 amide bonds. The van der Waals surface area contributed by atoms with Gasteiger partial charge in [0.15, 0.2) is 0 Å². The molecule has 0 spiro atoms. The minimum absolute atomic E-state index is 0.303. The molecule has 2 unspecified atom stereocenters. The van der Waals surface area contributed by atoms with Gasteiger partial charge in [-0.15, -0.1) is 6.58 Å². The molecule has 114 valence electrons. The first-order chi connectivity index (χ1) is 9.30. The molecule has 1 rings (SSSR count).